The van der Waals surface area contributed by atoms with Crippen LogP contribution in [-0.2, 0) is 0 Å². The summed E-state index contributed by atoms with van der Waals surface area (Å²) in [5.41, 5.74) is 5.56. The number of halogens is 1. The lowest BCUT2D eigenvalue weighted by molar-refractivity contribution is 0.0962. The number of hydrogen-bond donors (Lipinski definition) is 2. The Bertz CT molecular complexity index is 589. The van der Waals surface area contributed by atoms with E-state index in [1.54, 1.807) is 24.3 Å². The molecule has 0 fully saturated rings. The van der Waals surface area contributed by atoms with Gasteiger partial charge in [-0.3, -0.25) is 15.6 Å². The molecule has 20 heavy (non-hydrogen) atoms. The van der Waals surface area contributed by atoms with Crippen molar-refractivity contribution in [2.45, 2.75) is 6.92 Å². The molecule has 0 saturated heterocycles. The van der Waals surface area contributed by atoms with Crippen molar-refractivity contribution in [3.05, 3.63) is 47.2 Å². The van der Waals surface area contributed by atoms with Gasteiger partial charge in [0.15, 0.2) is 0 Å². The van der Waals surface area contributed by atoms with Crippen LogP contribution in [0.3, 0.4) is 0 Å². The zero-order valence-corrected chi connectivity index (χ0v) is 11.5. The smallest absolute Gasteiger partial charge is 0.269 e. The molecule has 1 aromatic carbocycles. The van der Waals surface area contributed by atoms with Crippen molar-refractivity contribution in [1.29, 1.82) is 0 Å². The first-order valence-corrected chi connectivity index (χ1v) is 6.33. The zero-order chi connectivity index (χ0) is 14.4. The standard InChI is InChI=1S/C13H13ClN4O2/c1-2-20-11-5-3-4-9(6-11)12(19)17-18-13-15-7-10(14)8-16-13/h3-8H,2H2,1H3,(H,17,19)(H,15,16,18). The molecule has 1 heterocycles. The lowest BCUT2D eigenvalue weighted by Gasteiger charge is -2.08. The molecular weight excluding hydrogens is 280 g/mol. The minimum Gasteiger partial charge on any atom is -0.494 e. The molecule has 0 atom stereocenters. The molecule has 2 rings (SSSR count). The Hall–Kier alpha value is -2.34. The molecule has 7 heteroatoms. The minimum absolute atomic E-state index is 0.253. The maximum absolute atomic E-state index is 11.9. The molecule has 2 aromatic rings. The number of carbonyl (C=O) groups is 1. The molecular formula is C13H13ClN4O2. The Labute approximate surface area is 121 Å². The molecule has 0 spiro atoms. The first kappa shape index (κ1) is 14.1. The second kappa shape index (κ2) is 6.72. The summed E-state index contributed by atoms with van der Waals surface area (Å²) in [6.07, 6.45) is 2.86. The van der Waals surface area contributed by atoms with Crippen molar-refractivity contribution in [3.63, 3.8) is 0 Å². The number of amides is 1. The molecule has 0 unspecified atom stereocenters. The van der Waals surface area contributed by atoms with Crippen LogP contribution in [0.1, 0.15) is 17.3 Å². The Balaban J connectivity index is 1.97. The van der Waals surface area contributed by atoms with Crippen LogP contribution in [0.2, 0.25) is 5.02 Å². The third-order valence-electron chi connectivity index (χ3n) is 2.32. The summed E-state index contributed by atoms with van der Waals surface area (Å²) in [5, 5.41) is 0.422. The first-order chi connectivity index (χ1) is 9.69. The number of anilines is 1. The molecule has 0 aliphatic carbocycles. The predicted octanol–water partition coefficient (Wildman–Crippen LogP) is 2.29. The van der Waals surface area contributed by atoms with E-state index in [0.717, 1.165) is 0 Å². The summed E-state index contributed by atoms with van der Waals surface area (Å²) in [4.78, 5) is 19.7. The number of nitrogens with zero attached hydrogens (tertiary/aromatic N) is 2. The average molecular weight is 293 g/mol. The van der Waals surface area contributed by atoms with Gasteiger partial charge in [-0.1, -0.05) is 17.7 Å². The van der Waals surface area contributed by atoms with Crippen molar-refractivity contribution in [1.82, 2.24) is 15.4 Å². The number of hydrazine groups is 1. The van der Waals surface area contributed by atoms with Gasteiger partial charge >= 0.3 is 0 Å². The van der Waals surface area contributed by atoms with Crippen molar-refractivity contribution in [2.24, 2.45) is 0 Å². The minimum atomic E-state index is -0.315. The quantitative estimate of drug-likeness (QED) is 0.827. The van der Waals surface area contributed by atoms with Crippen LogP contribution in [0.25, 0.3) is 0 Å². The average Bonchev–Trinajstić information content (AvgIpc) is 2.47. The topological polar surface area (TPSA) is 76.1 Å². The Morgan fingerprint density at radius 3 is 2.80 bits per heavy atom. The largest absolute Gasteiger partial charge is 0.494 e. The summed E-state index contributed by atoms with van der Waals surface area (Å²) in [6, 6.07) is 6.88. The normalized spacial score (nSPS) is 9.90. The fourth-order valence-corrected chi connectivity index (χ4v) is 1.55. The maximum Gasteiger partial charge on any atom is 0.269 e. The Morgan fingerprint density at radius 2 is 2.10 bits per heavy atom. The van der Waals surface area contributed by atoms with Gasteiger partial charge in [0.2, 0.25) is 5.95 Å². The maximum atomic E-state index is 11.9. The van der Waals surface area contributed by atoms with Gasteiger partial charge in [-0.2, -0.15) is 0 Å². The van der Waals surface area contributed by atoms with E-state index in [1.807, 2.05) is 6.92 Å². The molecule has 2 N–H and O–H groups in total. The van der Waals surface area contributed by atoms with Crippen LogP contribution in [0, 0.1) is 0 Å². The van der Waals surface area contributed by atoms with Crippen LogP contribution >= 0.6 is 11.6 Å². The number of hydrogen-bond acceptors (Lipinski definition) is 5. The monoisotopic (exact) mass is 292 g/mol. The molecule has 0 radical (unpaired) electrons. The second-order valence-electron chi connectivity index (χ2n) is 3.76. The van der Waals surface area contributed by atoms with E-state index in [-0.39, 0.29) is 11.9 Å². The lowest BCUT2D eigenvalue weighted by Crippen LogP contribution is -2.30. The summed E-state index contributed by atoms with van der Waals surface area (Å²) in [6.45, 7) is 2.42. The van der Waals surface area contributed by atoms with E-state index in [1.165, 1.54) is 12.4 Å². The van der Waals surface area contributed by atoms with Crippen LogP contribution in [0.15, 0.2) is 36.7 Å². The number of nitrogens with one attached hydrogen (secondary N) is 2. The highest BCUT2D eigenvalue weighted by molar-refractivity contribution is 6.30. The van der Waals surface area contributed by atoms with Gasteiger partial charge in [0, 0.05) is 5.56 Å². The van der Waals surface area contributed by atoms with Gasteiger partial charge < -0.3 is 4.74 Å². The van der Waals surface area contributed by atoms with Gasteiger partial charge in [0.25, 0.3) is 5.91 Å². The van der Waals surface area contributed by atoms with Gasteiger partial charge in [-0.05, 0) is 25.1 Å². The SMILES string of the molecule is CCOc1cccc(C(=O)NNc2ncc(Cl)cn2)c1. The van der Waals surface area contributed by atoms with Crippen LogP contribution in [0.4, 0.5) is 5.95 Å². The summed E-state index contributed by atoms with van der Waals surface area (Å²) < 4.78 is 5.33. The van der Waals surface area contributed by atoms with Crippen molar-refractivity contribution >= 4 is 23.5 Å². The number of benzene rings is 1. The van der Waals surface area contributed by atoms with E-state index in [2.05, 4.69) is 20.8 Å². The number of ether oxygens (including phenoxy) is 1. The number of aromatic nitrogens is 2. The van der Waals surface area contributed by atoms with Crippen molar-refractivity contribution in [3.8, 4) is 5.75 Å². The molecule has 6 nitrogen and oxygen atoms in total. The number of rotatable bonds is 5. The molecule has 0 bridgehead atoms. The van der Waals surface area contributed by atoms with Gasteiger partial charge in [0.1, 0.15) is 5.75 Å². The van der Waals surface area contributed by atoms with Crippen molar-refractivity contribution in [2.75, 3.05) is 12.0 Å². The molecule has 0 aliphatic heterocycles. The first-order valence-electron chi connectivity index (χ1n) is 5.96. The predicted molar refractivity (Wildman–Crippen MR) is 75.7 cm³/mol. The van der Waals surface area contributed by atoms with Crippen molar-refractivity contribution < 1.29 is 9.53 Å². The van der Waals surface area contributed by atoms with Crippen LogP contribution in [-0.4, -0.2) is 22.5 Å². The third kappa shape index (κ3) is 3.83. The highest BCUT2D eigenvalue weighted by Crippen LogP contribution is 2.13. The summed E-state index contributed by atoms with van der Waals surface area (Å²) >= 11 is 5.66. The second-order valence-corrected chi connectivity index (χ2v) is 4.20. The highest BCUT2D eigenvalue weighted by atomic mass is 35.5. The number of carbonyl (C=O) groups excluding carboxylic acids is 1. The molecule has 1 aromatic heterocycles. The van der Waals surface area contributed by atoms with E-state index < -0.39 is 0 Å². The fourth-order valence-electron chi connectivity index (χ4n) is 1.46. The van der Waals surface area contributed by atoms with Gasteiger partial charge in [-0.25, -0.2) is 9.97 Å². The van der Waals surface area contributed by atoms with Crippen LogP contribution < -0.4 is 15.6 Å². The molecule has 0 aliphatic rings. The Kier molecular flexibility index (Phi) is 4.73. The fraction of sp³-hybridized carbons (Fsp3) is 0.154. The van der Waals surface area contributed by atoms with E-state index >= 15 is 0 Å². The lowest BCUT2D eigenvalue weighted by atomic mass is 10.2. The Morgan fingerprint density at radius 1 is 1.35 bits per heavy atom. The molecule has 0 saturated carbocycles. The third-order valence-corrected chi connectivity index (χ3v) is 2.51. The van der Waals surface area contributed by atoms with E-state index in [4.69, 9.17) is 16.3 Å². The van der Waals surface area contributed by atoms with Gasteiger partial charge in [-0.15, -0.1) is 0 Å². The highest BCUT2D eigenvalue weighted by Gasteiger charge is 2.06. The van der Waals surface area contributed by atoms with Gasteiger partial charge in [0.05, 0.1) is 24.0 Å². The van der Waals surface area contributed by atoms with E-state index in [9.17, 15) is 4.79 Å². The van der Waals surface area contributed by atoms with E-state index in [0.29, 0.717) is 22.9 Å². The van der Waals surface area contributed by atoms with Crippen LogP contribution in [0.5, 0.6) is 5.75 Å². The molecule has 104 valence electrons. The molecule has 1 amide bonds. The zero-order valence-electron chi connectivity index (χ0n) is 10.8. The summed E-state index contributed by atoms with van der Waals surface area (Å²) in [7, 11) is 0. The summed E-state index contributed by atoms with van der Waals surface area (Å²) in [5.74, 6) is 0.580.